The molecule has 0 N–H and O–H groups in total. The van der Waals surface area contributed by atoms with Crippen LogP contribution in [-0.4, -0.2) is 37.0 Å². The van der Waals surface area contributed by atoms with E-state index >= 15 is 0 Å². The lowest BCUT2D eigenvalue weighted by atomic mass is 10.0. The molecule has 0 bridgehead atoms. The Morgan fingerprint density at radius 3 is 2.14 bits per heavy atom. The third kappa shape index (κ3) is 19.5. The summed E-state index contributed by atoms with van der Waals surface area (Å²) in [4.78, 5) is 23.2. The summed E-state index contributed by atoms with van der Waals surface area (Å²) in [6, 6.07) is 0. The van der Waals surface area contributed by atoms with Crippen LogP contribution in [0.25, 0.3) is 0 Å². The fraction of sp³-hybridized carbons (Fsp3) is 0.742. The first-order chi connectivity index (χ1) is 17.8. The highest BCUT2D eigenvalue weighted by Crippen LogP contribution is 2.22. The van der Waals surface area contributed by atoms with Crippen molar-refractivity contribution in [3.63, 3.8) is 0 Å². The highest BCUT2D eigenvalue weighted by molar-refractivity contribution is 5.69. The van der Waals surface area contributed by atoms with Gasteiger partial charge in [0.1, 0.15) is 12.7 Å². The first-order valence-electron chi connectivity index (χ1n) is 14.2. The van der Waals surface area contributed by atoms with Gasteiger partial charge < -0.3 is 18.9 Å². The molecule has 0 unspecified atom stereocenters. The zero-order chi connectivity index (χ0) is 27.2. The van der Waals surface area contributed by atoms with E-state index in [-0.39, 0.29) is 25.1 Å². The normalized spacial score (nSPS) is 16.3. The van der Waals surface area contributed by atoms with Gasteiger partial charge in [-0.15, -0.1) is 0 Å². The van der Waals surface area contributed by atoms with Crippen LogP contribution in [0.5, 0.6) is 0 Å². The number of ether oxygens (including phenoxy) is 4. The Hall–Kier alpha value is -2.28. The monoisotopic (exact) mass is 516 g/mol. The van der Waals surface area contributed by atoms with Gasteiger partial charge >= 0.3 is 11.9 Å². The Kier molecular flexibility index (Phi) is 18.4. The minimum atomic E-state index is -0.632. The molecule has 208 valence electrons. The van der Waals surface area contributed by atoms with Crippen molar-refractivity contribution >= 4 is 11.9 Å². The van der Waals surface area contributed by atoms with E-state index in [4.69, 9.17) is 18.9 Å². The summed E-state index contributed by atoms with van der Waals surface area (Å²) in [5.41, 5.74) is 0. The van der Waals surface area contributed by atoms with E-state index in [1.165, 1.54) is 77.6 Å². The molecular formula is C31H48O6. The zero-order valence-corrected chi connectivity index (χ0v) is 23.6. The van der Waals surface area contributed by atoms with E-state index in [1.807, 2.05) is 19.9 Å². The smallest absolute Gasteiger partial charge is 0.308 e. The van der Waals surface area contributed by atoms with Gasteiger partial charge in [0.05, 0.1) is 13.0 Å². The van der Waals surface area contributed by atoms with Crippen molar-refractivity contribution in [2.45, 2.75) is 136 Å². The van der Waals surface area contributed by atoms with Gasteiger partial charge in [-0.2, -0.15) is 0 Å². The average Bonchev–Trinajstić information content (AvgIpc) is 3.20. The molecule has 1 aliphatic heterocycles. The van der Waals surface area contributed by atoms with E-state index in [9.17, 15) is 9.59 Å². The molecule has 1 heterocycles. The first-order valence-corrected chi connectivity index (χ1v) is 14.2. The van der Waals surface area contributed by atoms with Gasteiger partial charge in [-0.25, -0.2) is 0 Å². The van der Waals surface area contributed by atoms with Crippen LogP contribution < -0.4 is 0 Å². The van der Waals surface area contributed by atoms with Crippen molar-refractivity contribution in [3.8, 4) is 23.7 Å². The van der Waals surface area contributed by atoms with Crippen LogP contribution in [0.3, 0.4) is 0 Å². The second-order valence-corrected chi connectivity index (χ2v) is 10.0. The number of carbonyl (C=O) groups is 2. The fourth-order valence-corrected chi connectivity index (χ4v) is 3.96. The summed E-state index contributed by atoms with van der Waals surface area (Å²) in [6.07, 6.45) is 18.6. The number of unbranched alkanes of at least 4 members (excludes halogenated alkanes) is 12. The zero-order valence-electron chi connectivity index (χ0n) is 23.6. The van der Waals surface area contributed by atoms with Crippen LogP contribution in [0, 0.1) is 23.7 Å². The van der Waals surface area contributed by atoms with Crippen LogP contribution >= 0.6 is 0 Å². The number of hydrogen-bond donors (Lipinski definition) is 0. The molecule has 1 rings (SSSR count). The Morgan fingerprint density at radius 2 is 1.57 bits per heavy atom. The lowest BCUT2D eigenvalue weighted by molar-refractivity contribution is -0.158. The molecule has 0 aromatic carbocycles. The Bertz CT molecular complexity index is 805. The van der Waals surface area contributed by atoms with E-state index in [1.54, 1.807) is 0 Å². The lowest BCUT2D eigenvalue weighted by Crippen LogP contribution is -2.25. The van der Waals surface area contributed by atoms with Crippen molar-refractivity contribution in [2.75, 3.05) is 13.2 Å². The van der Waals surface area contributed by atoms with Crippen molar-refractivity contribution in [3.05, 3.63) is 11.8 Å². The van der Waals surface area contributed by atoms with Gasteiger partial charge in [0, 0.05) is 13.3 Å². The molecule has 6 heteroatoms. The summed E-state index contributed by atoms with van der Waals surface area (Å²) >= 11 is 0. The molecule has 37 heavy (non-hydrogen) atoms. The summed E-state index contributed by atoms with van der Waals surface area (Å²) in [5, 5.41) is 0. The van der Waals surface area contributed by atoms with Crippen LogP contribution in [0.4, 0.5) is 0 Å². The largest absolute Gasteiger partial charge is 0.463 e. The van der Waals surface area contributed by atoms with Crippen LogP contribution in [0.15, 0.2) is 11.8 Å². The lowest BCUT2D eigenvalue weighted by Gasteiger charge is -2.16. The molecule has 0 radical (unpaired) electrons. The van der Waals surface area contributed by atoms with E-state index in [2.05, 4.69) is 30.6 Å². The molecule has 1 aliphatic rings. The molecule has 0 aromatic rings. The van der Waals surface area contributed by atoms with Gasteiger partial charge in [0.2, 0.25) is 0 Å². The van der Waals surface area contributed by atoms with Gasteiger partial charge in [0.15, 0.2) is 11.5 Å². The topological polar surface area (TPSA) is 71.1 Å². The summed E-state index contributed by atoms with van der Waals surface area (Å²) in [7, 11) is 0. The van der Waals surface area contributed by atoms with Crippen molar-refractivity contribution in [1.82, 2.24) is 0 Å². The maximum atomic E-state index is 11.8. The second kappa shape index (κ2) is 20.7. The third-order valence-electron chi connectivity index (χ3n) is 5.93. The highest BCUT2D eigenvalue weighted by Gasteiger charge is 2.33. The molecule has 1 fully saturated rings. The van der Waals surface area contributed by atoms with E-state index in [0.717, 1.165) is 12.8 Å². The van der Waals surface area contributed by atoms with Crippen molar-refractivity contribution in [2.24, 2.45) is 0 Å². The van der Waals surface area contributed by atoms with E-state index < -0.39 is 11.8 Å². The summed E-state index contributed by atoms with van der Waals surface area (Å²) in [6.45, 7) is 7.85. The van der Waals surface area contributed by atoms with Crippen LogP contribution in [-0.2, 0) is 28.5 Å². The Labute approximate surface area is 225 Å². The summed E-state index contributed by atoms with van der Waals surface area (Å²) < 4.78 is 21.4. The highest BCUT2D eigenvalue weighted by atomic mass is 16.7. The quantitative estimate of drug-likeness (QED) is 0.0845. The number of allylic oxidation sites excluding steroid dienone is 2. The second-order valence-electron chi connectivity index (χ2n) is 10.0. The minimum Gasteiger partial charge on any atom is -0.463 e. The van der Waals surface area contributed by atoms with Crippen molar-refractivity contribution in [1.29, 1.82) is 0 Å². The number of carbonyl (C=O) groups excluding carboxylic acids is 2. The van der Waals surface area contributed by atoms with E-state index in [0.29, 0.717) is 18.8 Å². The fourth-order valence-electron chi connectivity index (χ4n) is 3.96. The molecule has 0 amide bonds. The molecule has 0 aromatic heterocycles. The van der Waals surface area contributed by atoms with Gasteiger partial charge in [0.25, 0.3) is 0 Å². The predicted octanol–water partition coefficient (Wildman–Crippen LogP) is 7.01. The van der Waals surface area contributed by atoms with Gasteiger partial charge in [-0.05, 0) is 50.5 Å². The minimum absolute atomic E-state index is 0.172. The molecular weight excluding hydrogens is 468 g/mol. The molecule has 0 aliphatic carbocycles. The standard InChI is InChI=1S/C31H48O6/c1-5-6-7-8-9-10-11-12-13-14-15-16-19-22-28(36-27(2)32)23-20-17-18-21-24-30(33)34-25-29-26-35-31(3,4)37-29/h22,29H,5-16,19,21,24-26H2,1-4H3/b28-22-/t29-/m1/s1. The van der Waals surface area contributed by atoms with Crippen molar-refractivity contribution < 1.29 is 28.5 Å². The predicted molar refractivity (Wildman–Crippen MR) is 146 cm³/mol. The number of rotatable bonds is 18. The van der Waals surface area contributed by atoms with Crippen LogP contribution in [0.1, 0.15) is 124 Å². The van der Waals surface area contributed by atoms with Gasteiger partial charge in [-0.1, -0.05) is 83.5 Å². The number of hydrogen-bond acceptors (Lipinski definition) is 6. The molecule has 0 spiro atoms. The first kappa shape index (κ1) is 32.7. The number of esters is 2. The third-order valence-corrected chi connectivity index (χ3v) is 5.93. The van der Waals surface area contributed by atoms with Gasteiger partial charge in [-0.3, -0.25) is 9.59 Å². The molecule has 0 saturated carbocycles. The Morgan fingerprint density at radius 1 is 0.946 bits per heavy atom. The van der Waals surface area contributed by atoms with Crippen LogP contribution in [0.2, 0.25) is 0 Å². The maximum absolute atomic E-state index is 11.8. The average molecular weight is 517 g/mol. The molecule has 6 nitrogen and oxygen atoms in total. The molecule has 1 atom stereocenters. The SMILES string of the molecule is CCCCCCCCCCCCCC/C=C(/C#CC#CCCC(=O)OC[C@@H]1COC(C)(C)O1)OC(C)=O. The molecule has 1 saturated heterocycles. The maximum Gasteiger partial charge on any atom is 0.308 e. The Balaban J connectivity index is 2.18. The summed E-state index contributed by atoms with van der Waals surface area (Å²) in [5.74, 6) is 10.0.